The lowest BCUT2D eigenvalue weighted by atomic mass is 9.93. The van der Waals surface area contributed by atoms with Gasteiger partial charge in [0, 0.05) is 0 Å². The fourth-order valence-electron chi connectivity index (χ4n) is 2.07. The molecule has 0 aromatic heterocycles. The van der Waals surface area contributed by atoms with E-state index >= 15 is 0 Å². The Hall–Kier alpha value is -2.55. The van der Waals surface area contributed by atoms with Gasteiger partial charge < -0.3 is 0 Å². The highest BCUT2D eigenvalue weighted by atomic mass is 16.1. The first-order valence-electron chi connectivity index (χ1n) is 6.11. The van der Waals surface area contributed by atoms with Crippen LogP contribution in [0.2, 0.25) is 0 Å². The van der Waals surface area contributed by atoms with E-state index in [1.165, 1.54) is 0 Å². The first-order valence-corrected chi connectivity index (χ1v) is 6.11. The zero-order valence-corrected chi connectivity index (χ0v) is 10.2. The molecule has 0 aliphatic heterocycles. The maximum absolute atomic E-state index is 11.9. The van der Waals surface area contributed by atoms with Crippen molar-refractivity contribution in [2.24, 2.45) is 10.2 Å². The van der Waals surface area contributed by atoms with Gasteiger partial charge in [-0.05, 0) is 29.3 Å². The molecule has 2 aromatic rings. The molecule has 3 nitrogen and oxygen atoms in total. The Morgan fingerprint density at radius 3 is 2.42 bits per heavy atom. The van der Waals surface area contributed by atoms with Crippen LogP contribution in [0.4, 0.5) is 5.69 Å². The molecule has 0 bridgehead atoms. The number of fused-ring (bicyclic) bond motifs is 1. The number of hydrogen-bond acceptors (Lipinski definition) is 3. The Bertz CT molecular complexity index is 659. The van der Waals surface area contributed by atoms with Gasteiger partial charge in [0.25, 0.3) is 0 Å². The highest BCUT2D eigenvalue weighted by molar-refractivity contribution is 6.01. The highest BCUT2D eigenvalue weighted by Crippen LogP contribution is 2.29. The first kappa shape index (κ1) is 11.5. The molecule has 1 atom stereocenters. The molecule has 3 heteroatoms. The molecule has 0 radical (unpaired) electrons. The van der Waals surface area contributed by atoms with Crippen molar-refractivity contribution in [1.82, 2.24) is 0 Å². The third-order valence-electron chi connectivity index (χ3n) is 3.03. The molecule has 3 rings (SSSR count). The summed E-state index contributed by atoms with van der Waals surface area (Å²) in [5.74, 6) is -0.0293. The average molecular weight is 248 g/mol. The van der Waals surface area contributed by atoms with E-state index in [-0.39, 0.29) is 5.78 Å². The lowest BCUT2D eigenvalue weighted by Crippen LogP contribution is -2.12. The van der Waals surface area contributed by atoms with Gasteiger partial charge in [-0.1, -0.05) is 48.5 Å². The van der Waals surface area contributed by atoms with E-state index in [1.54, 1.807) is 6.08 Å². The molecule has 1 aliphatic rings. The molecule has 0 saturated heterocycles. The van der Waals surface area contributed by atoms with Gasteiger partial charge in [-0.25, -0.2) is 0 Å². The number of benzene rings is 2. The van der Waals surface area contributed by atoms with Crippen LogP contribution in [-0.2, 0) is 4.79 Å². The SMILES string of the molecule is O=C1C=Cc2ccccc2C1N=Nc1ccccc1. The number of nitrogens with zero attached hydrogens (tertiary/aromatic N) is 2. The topological polar surface area (TPSA) is 41.8 Å². The summed E-state index contributed by atoms with van der Waals surface area (Å²) in [5.41, 5.74) is 2.69. The first-order chi connectivity index (χ1) is 9.34. The number of carbonyl (C=O) groups is 1. The summed E-state index contributed by atoms with van der Waals surface area (Å²) in [6, 6.07) is 16.7. The maximum Gasteiger partial charge on any atom is 0.186 e. The molecule has 1 unspecified atom stereocenters. The minimum absolute atomic E-state index is 0.0293. The standard InChI is InChI=1S/C16H12N2O/c19-15-11-10-12-6-4-5-9-14(12)16(15)18-17-13-7-2-1-3-8-13/h1-11,16H. The second kappa shape index (κ2) is 4.98. The minimum atomic E-state index is -0.526. The monoisotopic (exact) mass is 248 g/mol. The molecule has 1 aliphatic carbocycles. The van der Waals surface area contributed by atoms with Gasteiger partial charge in [-0.2, -0.15) is 10.2 Å². The Balaban J connectivity index is 1.94. The molecule has 92 valence electrons. The van der Waals surface area contributed by atoms with Crippen molar-refractivity contribution in [2.45, 2.75) is 6.04 Å². The predicted molar refractivity (Wildman–Crippen MR) is 74.2 cm³/mol. The second-order valence-corrected chi connectivity index (χ2v) is 4.32. The van der Waals surface area contributed by atoms with Crippen LogP contribution in [0, 0.1) is 0 Å². The van der Waals surface area contributed by atoms with Crippen LogP contribution in [0.3, 0.4) is 0 Å². The van der Waals surface area contributed by atoms with Gasteiger partial charge >= 0.3 is 0 Å². The molecule has 2 aromatic carbocycles. The fraction of sp³-hybridized carbons (Fsp3) is 0.0625. The predicted octanol–water partition coefficient (Wildman–Crippen LogP) is 4.11. The van der Waals surface area contributed by atoms with Crippen molar-refractivity contribution >= 4 is 17.5 Å². The van der Waals surface area contributed by atoms with E-state index in [0.29, 0.717) is 0 Å². The molecular weight excluding hydrogens is 236 g/mol. The van der Waals surface area contributed by atoms with Crippen LogP contribution < -0.4 is 0 Å². The number of azo groups is 1. The minimum Gasteiger partial charge on any atom is -0.292 e. The molecule has 0 amide bonds. The smallest absolute Gasteiger partial charge is 0.186 e. The van der Waals surface area contributed by atoms with E-state index in [9.17, 15) is 4.79 Å². The van der Waals surface area contributed by atoms with E-state index < -0.39 is 6.04 Å². The molecule has 0 saturated carbocycles. The van der Waals surface area contributed by atoms with Gasteiger partial charge in [0.1, 0.15) is 0 Å². The van der Waals surface area contributed by atoms with E-state index in [2.05, 4.69) is 10.2 Å². The summed E-state index contributed by atoms with van der Waals surface area (Å²) in [6.45, 7) is 0. The van der Waals surface area contributed by atoms with Gasteiger partial charge in [0.05, 0.1) is 5.69 Å². The number of carbonyl (C=O) groups excluding carboxylic acids is 1. The third-order valence-corrected chi connectivity index (χ3v) is 3.03. The maximum atomic E-state index is 11.9. The number of ketones is 1. The molecule has 0 fully saturated rings. The van der Waals surface area contributed by atoms with Gasteiger partial charge in [-0.3, -0.25) is 4.79 Å². The van der Waals surface area contributed by atoms with E-state index in [1.807, 2.05) is 60.7 Å². The average Bonchev–Trinajstić information content (AvgIpc) is 2.47. The lowest BCUT2D eigenvalue weighted by molar-refractivity contribution is -0.115. The van der Waals surface area contributed by atoms with Crippen molar-refractivity contribution in [1.29, 1.82) is 0 Å². The highest BCUT2D eigenvalue weighted by Gasteiger charge is 2.23. The Kier molecular flexibility index (Phi) is 3.02. The lowest BCUT2D eigenvalue weighted by Gasteiger charge is -2.15. The van der Waals surface area contributed by atoms with Gasteiger partial charge in [0.2, 0.25) is 0 Å². The van der Waals surface area contributed by atoms with E-state index in [4.69, 9.17) is 0 Å². The summed E-state index contributed by atoms with van der Waals surface area (Å²) >= 11 is 0. The molecule has 0 spiro atoms. The van der Waals surface area contributed by atoms with Crippen molar-refractivity contribution in [3.8, 4) is 0 Å². The van der Waals surface area contributed by atoms with Gasteiger partial charge in [-0.15, -0.1) is 0 Å². The van der Waals surface area contributed by atoms with Crippen LogP contribution in [0.25, 0.3) is 6.08 Å². The normalized spacial score (nSPS) is 17.7. The Morgan fingerprint density at radius 2 is 1.58 bits per heavy atom. The van der Waals surface area contributed by atoms with Crippen LogP contribution in [0.5, 0.6) is 0 Å². The summed E-state index contributed by atoms with van der Waals surface area (Å²) in [4.78, 5) is 11.9. The third kappa shape index (κ3) is 2.36. The number of hydrogen-bond donors (Lipinski definition) is 0. The molecule has 0 N–H and O–H groups in total. The van der Waals surface area contributed by atoms with Crippen molar-refractivity contribution in [2.75, 3.05) is 0 Å². The van der Waals surface area contributed by atoms with Crippen molar-refractivity contribution in [3.05, 3.63) is 71.8 Å². The molecule has 0 heterocycles. The van der Waals surface area contributed by atoms with Crippen LogP contribution in [0.1, 0.15) is 17.2 Å². The summed E-state index contributed by atoms with van der Waals surface area (Å²) in [6.07, 6.45) is 3.39. The zero-order chi connectivity index (χ0) is 13.1. The quantitative estimate of drug-likeness (QED) is 0.737. The van der Waals surface area contributed by atoms with E-state index in [0.717, 1.165) is 16.8 Å². The largest absolute Gasteiger partial charge is 0.292 e. The van der Waals surface area contributed by atoms with Crippen molar-refractivity contribution in [3.63, 3.8) is 0 Å². The Morgan fingerprint density at radius 1 is 0.842 bits per heavy atom. The summed E-state index contributed by atoms with van der Waals surface area (Å²) in [7, 11) is 0. The summed E-state index contributed by atoms with van der Waals surface area (Å²) in [5, 5.41) is 8.35. The van der Waals surface area contributed by atoms with Crippen LogP contribution in [0.15, 0.2) is 70.9 Å². The summed E-state index contributed by atoms with van der Waals surface area (Å²) < 4.78 is 0. The fourth-order valence-corrected chi connectivity index (χ4v) is 2.07. The number of rotatable bonds is 2. The zero-order valence-electron chi connectivity index (χ0n) is 10.2. The van der Waals surface area contributed by atoms with Crippen molar-refractivity contribution < 1.29 is 4.79 Å². The van der Waals surface area contributed by atoms with Gasteiger partial charge in [0.15, 0.2) is 11.8 Å². The van der Waals surface area contributed by atoms with Crippen LogP contribution in [-0.4, -0.2) is 5.78 Å². The second-order valence-electron chi connectivity index (χ2n) is 4.32. The Labute approximate surface area is 111 Å². The van der Waals surface area contributed by atoms with Crippen LogP contribution >= 0.6 is 0 Å². The molecular formula is C16H12N2O. The molecule has 19 heavy (non-hydrogen) atoms.